The highest BCUT2D eigenvalue weighted by Gasteiger charge is 2.26. The third kappa shape index (κ3) is 10.7. The molecule has 31 heavy (non-hydrogen) atoms. The number of unbranched alkanes of at least 4 members (excludes halogenated alkanes) is 4. The van der Waals surface area contributed by atoms with Gasteiger partial charge in [-0.05, 0) is 37.5 Å². The third-order valence-corrected chi connectivity index (χ3v) is 5.54. The van der Waals surface area contributed by atoms with Gasteiger partial charge in [0, 0.05) is 25.2 Å². The predicted molar refractivity (Wildman–Crippen MR) is 125 cm³/mol. The van der Waals surface area contributed by atoms with Crippen molar-refractivity contribution in [2.24, 2.45) is 0 Å². The topological polar surface area (TPSA) is 98.7 Å². The molecule has 3 N–H and O–H groups in total. The van der Waals surface area contributed by atoms with Crippen molar-refractivity contribution in [2.45, 2.75) is 71.3 Å². The number of hydrogen-bond donors (Lipinski definition) is 3. The maximum absolute atomic E-state index is 13.2. The largest absolute Gasteiger partial charge is 0.481 e. The molecule has 0 fully saturated rings. The van der Waals surface area contributed by atoms with Gasteiger partial charge in [-0.25, -0.2) is 4.79 Å². The van der Waals surface area contributed by atoms with Crippen LogP contribution in [0, 0.1) is 0 Å². The van der Waals surface area contributed by atoms with Crippen molar-refractivity contribution in [3.63, 3.8) is 0 Å². The minimum atomic E-state index is -1.02. The summed E-state index contributed by atoms with van der Waals surface area (Å²) in [6.45, 7) is 5.37. The van der Waals surface area contributed by atoms with Gasteiger partial charge in [0.25, 0.3) is 0 Å². The molecule has 0 unspecified atom stereocenters. The van der Waals surface area contributed by atoms with Gasteiger partial charge in [0.15, 0.2) is 0 Å². The molecule has 3 amide bonds. The predicted octanol–water partition coefficient (Wildman–Crippen LogP) is 5.56. The number of carbonyl (C=O) groups excluding carboxylic acids is 2. The second-order valence-corrected chi connectivity index (χ2v) is 8.27. The lowest BCUT2D eigenvalue weighted by atomic mass is 10.1. The van der Waals surface area contributed by atoms with Crippen LogP contribution in [0.2, 0.25) is 10.0 Å². The summed E-state index contributed by atoms with van der Waals surface area (Å²) in [6, 6.07) is 3.10. The SMILES string of the molecule is CCCCCN(CCCCC)C(=O)[C@H](CCC(=O)O)NC(=O)Nc1ccc(Cl)c(Cl)c1. The molecule has 1 atom stereocenters. The number of carboxylic acid groups (broad SMARTS) is 1. The molecule has 0 aromatic heterocycles. The first kappa shape index (κ1) is 27.0. The monoisotopic (exact) mass is 473 g/mol. The van der Waals surface area contributed by atoms with E-state index in [1.807, 2.05) is 0 Å². The molecule has 1 aromatic rings. The molecule has 0 saturated carbocycles. The number of hydrogen-bond acceptors (Lipinski definition) is 3. The highest BCUT2D eigenvalue weighted by Crippen LogP contribution is 2.25. The van der Waals surface area contributed by atoms with Crippen LogP contribution in [0.25, 0.3) is 0 Å². The Hall–Kier alpha value is -1.99. The molecule has 0 saturated heterocycles. The second-order valence-electron chi connectivity index (χ2n) is 7.45. The summed E-state index contributed by atoms with van der Waals surface area (Å²) in [5, 5.41) is 15.0. The second kappa shape index (κ2) is 14.9. The van der Waals surface area contributed by atoms with Crippen molar-refractivity contribution in [1.29, 1.82) is 0 Å². The van der Waals surface area contributed by atoms with Crippen molar-refractivity contribution in [3.05, 3.63) is 28.2 Å². The van der Waals surface area contributed by atoms with E-state index in [0.717, 1.165) is 38.5 Å². The summed E-state index contributed by atoms with van der Waals surface area (Å²) < 4.78 is 0. The molecule has 1 rings (SSSR count). The van der Waals surface area contributed by atoms with Crippen LogP contribution in [-0.2, 0) is 9.59 Å². The van der Waals surface area contributed by atoms with Crippen LogP contribution in [0.4, 0.5) is 10.5 Å². The van der Waals surface area contributed by atoms with Crippen LogP contribution < -0.4 is 10.6 Å². The molecular weight excluding hydrogens is 441 g/mol. The van der Waals surface area contributed by atoms with Crippen molar-refractivity contribution in [2.75, 3.05) is 18.4 Å². The fraction of sp³-hybridized carbons (Fsp3) is 0.591. The quantitative estimate of drug-likeness (QED) is 0.308. The van der Waals surface area contributed by atoms with Crippen LogP contribution in [0.15, 0.2) is 18.2 Å². The van der Waals surface area contributed by atoms with Gasteiger partial charge in [0.05, 0.1) is 10.0 Å². The number of carbonyl (C=O) groups is 3. The molecule has 0 aliphatic rings. The van der Waals surface area contributed by atoms with Crippen LogP contribution in [0.5, 0.6) is 0 Å². The molecule has 9 heteroatoms. The summed E-state index contributed by atoms with van der Waals surface area (Å²) in [4.78, 5) is 38.5. The van der Waals surface area contributed by atoms with Gasteiger partial charge in [0.1, 0.15) is 6.04 Å². The number of carboxylic acids is 1. The minimum Gasteiger partial charge on any atom is -0.481 e. The molecule has 0 bridgehead atoms. The van der Waals surface area contributed by atoms with Crippen molar-refractivity contribution in [1.82, 2.24) is 10.2 Å². The molecule has 1 aromatic carbocycles. The summed E-state index contributed by atoms with van der Waals surface area (Å²) >= 11 is 11.9. The number of urea groups is 1. The van der Waals surface area contributed by atoms with E-state index in [4.69, 9.17) is 28.3 Å². The Bertz CT molecular complexity index is 721. The summed E-state index contributed by atoms with van der Waals surface area (Å²) in [5.74, 6) is -1.27. The highest BCUT2D eigenvalue weighted by atomic mass is 35.5. The normalized spacial score (nSPS) is 11.6. The van der Waals surface area contributed by atoms with E-state index in [1.165, 1.54) is 6.07 Å². The molecule has 0 radical (unpaired) electrons. The average Bonchev–Trinajstić information content (AvgIpc) is 2.72. The number of anilines is 1. The maximum atomic E-state index is 13.2. The number of nitrogens with zero attached hydrogens (tertiary/aromatic N) is 1. The maximum Gasteiger partial charge on any atom is 0.319 e. The molecule has 0 aliphatic carbocycles. The van der Waals surface area contributed by atoms with E-state index in [9.17, 15) is 14.4 Å². The average molecular weight is 474 g/mol. The van der Waals surface area contributed by atoms with Crippen LogP contribution in [0.3, 0.4) is 0 Å². The van der Waals surface area contributed by atoms with Gasteiger partial charge in [-0.2, -0.15) is 0 Å². The van der Waals surface area contributed by atoms with Crippen molar-refractivity contribution >= 4 is 46.8 Å². The Morgan fingerprint density at radius 3 is 2.13 bits per heavy atom. The summed E-state index contributed by atoms with van der Waals surface area (Å²) in [7, 11) is 0. The first-order valence-electron chi connectivity index (χ1n) is 10.8. The standard InChI is InChI=1S/C22H33Cl2N3O4/c1-3-5-7-13-27(14-8-6-4-2)21(30)19(11-12-20(28)29)26-22(31)25-16-9-10-17(23)18(24)15-16/h9-10,15,19H,3-8,11-14H2,1-2H3,(H,28,29)(H2,25,26,31)/t19-/m0/s1. The molecular formula is C22H33Cl2N3O4. The van der Waals surface area contributed by atoms with Crippen LogP contribution in [0.1, 0.15) is 65.2 Å². The zero-order valence-electron chi connectivity index (χ0n) is 18.3. The Morgan fingerprint density at radius 2 is 1.61 bits per heavy atom. The zero-order valence-corrected chi connectivity index (χ0v) is 19.8. The molecule has 0 heterocycles. The minimum absolute atomic E-state index is 0.0149. The van der Waals surface area contributed by atoms with E-state index in [1.54, 1.807) is 17.0 Å². The van der Waals surface area contributed by atoms with Gasteiger partial charge in [-0.3, -0.25) is 9.59 Å². The number of halogens is 2. The van der Waals surface area contributed by atoms with E-state index in [0.29, 0.717) is 23.8 Å². The Kier molecular flexibility index (Phi) is 13.0. The van der Waals surface area contributed by atoms with Gasteiger partial charge < -0.3 is 20.6 Å². The first-order chi connectivity index (χ1) is 14.8. The van der Waals surface area contributed by atoms with Gasteiger partial charge >= 0.3 is 12.0 Å². The van der Waals surface area contributed by atoms with E-state index >= 15 is 0 Å². The van der Waals surface area contributed by atoms with Crippen molar-refractivity contribution in [3.8, 4) is 0 Å². The first-order valence-corrected chi connectivity index (χ1v) is 11.6. The van der Waals surface area contributed by atoms with Gasteiger partial charge in [-0.15, -0.1) is 0 Å². The lowest BCUT2D eigenvalue weighted by Crippen LogP contribution is -2.50. The lowest BCUT2D eigenvalue weighted by Gasteiger charge is -2.28. The zero-order chi connectivity index (χ0) is 23.2. The van der Waals surface area contributed by atoms with Gasteiger partial charge in [-0.1, -0.05) is 62.7 Å². The van der Waals surface area contributed by atoms with Crippen LogP contribution >= 0.6 is 23.2 Å². The fourth-order valence-electron chi connectivity index (χ4n) is 3.08. The van der Waals surface area contributed by atoms with Gasteiger partial charge in [0.2, 0.25) is 5.91 Å². The Morgan fingerprint density at radius 1 is 1.00 bits per heavy atom. The van der Waals surface area contributed by atoms with Crippen molar-refractivity contribution < 1.29 is 19.5 Å². The summed E-state index contributed by atoms with van der Waals surface area (Å²) in [6.07, 6.45) is 5.60. The van der Waals surface area contributed by atoms with E-state index < -0.39 is 18.0 Å². The highest BCUT2D eigenvalue weighted by molar-refractivity contribution is 6.42. The number of nitrogens with one attached hydrogen (secondary N) is 2. The summed E-state index contributed by atoms with van der Waals surface area (Å²) in [5.41, 5.74) is 0.416. The Labute approximate surface area is 194 Å². The van der Waals surface area contributed by atoms with Crippen LogP contribution in [-0.4, -0.2) is 47.0 Å². The third-order valence-electron chi connectivity index (χ3n) is 4.80. The fourth-order valence-corrected chi connectivity index (χ4v) is 3.38. The molecule has 7 nitrogen and oxygen atoms in total. The number of rotatable bonds is 14. The number of aliphatic carboxylic acids is 1. The molecule has 0 spiro atoms. The number of benzene rings is 1. The smallest absolute Gasteiger partial charge is 0.319 e. The lowest BCUT2D eigenvalue weighted by molar-refractivity contribution is -0.138. The van der Waals surface area contributed by atoms with E-state index in [-0.39, 0.29) is 23.8 Å². The Balaban J connectivity index is 2.87. The van der Waals surface area contributed by atoms with E-state index in [2.05, 4.69) is 24.5 Å². The number of amides is 3. The molecule has 0 aliphatic heterocycles. The molecule has 174 valence electrons.